The van der Waals surface area contributed by atoms with Gasteiger partial charge in [-0.25, -0.2) is 4.98 Å². The Morgan fingerprint density at radius 2 is 2.04 bits per heavy atom. The molecule has 0 aliphatic rings. The van der Waals surface area contributed by atoms with Crippen molar-refractivity contribution in [1.82, 2.24) is 10.3 Å². The van der Waals surface area contributed by atoms with Crippen LogP contribution >= 0.6 is 35.1 Å². The van der Waals surface area contributed by atoms with Gasteiger partial charge >= 0.3 is 0 Å². The predicted octanol–water partition coefficient (Wildman–Crippen LogP) is 4.03. The average molecular weight is 388 g/mol. The Bertz CT molecular complexity index is 642. The van der Waals surface area contributed by atoms with Crippen molar-refractivity contribution in [2.45, 2.75) is 40.0 Å². The third-order valence-electron chi connectivity index (χ3n) is 4.42. The normalized spacial score (nSPS) is 11.2. The average Bonchev–Trinajstić information content (AvgIpc) is 3.18. The fourth-order valence-corrected chi connectivity index (χ4v) is 4.22. The zero-order valence-corrected chi connectivity index (χ0v) is 16.9. The van der Waals surface area contributed by atoms with Crippen molar-refractivity contribution in [1.29, 1.82) is 0 Å². The fourth-order valence-electron chi connectivity index (χ4n) is 2.57. The van der Waals surface area contributed by atoms with Crippen LogP contribution in [0, 0.1) is 12.3 Å². The van der Waals surface area contributed by atoms with Crippen molar-refractivity contribution in [2.24, 2.45) is 11.1 Å². The molecule has 3 N–H and O–H groups in total. The van der Waals surface area contributed by atoms with Crippen molar-refractivity contribution in [3.05, 3.63) is 27.4 Å². The lowest BCUT2D eigenvalue weighted by atomic mass is 9.81. The van der Waals surface area contributed by atoms with Crippen LogP contribution < -0.4 is 11.1 Å². The van der Waals surface area contributed by atoms with Gasteiger partial charge in [-0.05, 0) is 38.3 Å². The summed E-state index contributed by atoms with van der Waals surface area (Å²) in [5, 5.41) is 6.22. The second kappa shape index (κ2) is 9.51. The summed E-state index contributed by atoms with van der Waals surface area (Å²) in [6.07, 6.45) is 2.39. The van der Waals surface area contributed by atoms with Crippen LogP contribution in [0.4, 0.5) is 0 Å². The smallest absolute Gasteiger partial charge is 0.227 e. The Hall–Kier alpha value is -0.950. The molecule has 2 heterocycles. The van der Waals surface area contributed by atoms with Crippen LogP contribution in [0.5, 0.6) is 0 Å². The maximum Gasteiger partial charge on any atom is 0.227 e. The number of hydrogen-bond acceptors (Lipinski definition) is 5. The summed E-state index contributed by atoms with van der Waals surface area (Å²) in [7, 11) is 0. The standard InChI is InChI=1S/C17H25N3OS2.ClH/c1-4-17(5-2,11-18)16(21)19-9-8-13-6-7-15(23-13)14-10-22-12(3)20-14;/h6-7,10H,4-5,8-9,11,18H2,1-3H3,(H,19,21);1H. The van der Waals surface area contributed by atoms with Gasteiger partial charge in [0.15, 0.2) is 0 Å². The summed E-state index contributed by atoms with van der Waals surface area (Å²) >= 11 is 3.41. The molecule has 2 aromatic rings. The number of carbonyl (C=O) groups is 1. The van der Waals surface area contributed by atoms with E-state index in [-0.39, 0.29) is 18.3 Å². The first kappa shape index (κ1) is 21.1. The summed E-state index contributed by atoms with van der Waals surface area (Å²) in [4.78, 5) is 19.3. The fraction of sp³-hybridized carbons (Fsp3) is 0.529. The third-order valence-corrected chi connectivity index (χ3v) is 6.36. The minimum absolute atomic E-state index is 0. The second-order valence-corrected chi connectivity index (χ2v) is 7.95. The maximum atomic E-state index is 12.4. The van der Waals surface area contributed by atoms with E-state index in [4.69, 9.17) is 5.73 Å². The lowest BCUT2D eigenvalue weighted by molar-refractivity contribution is -0.131. The first-order valence-corrected chi connectivity index (χ1v) is 9.74. The summed E-state index contributed by atoms with van der Waals surface area (Å²) in [6.45, 7) is 7.12. The van der Waals surface area contributed by atoms with Gasteiger partial charge in [-0.3, -0.25) is 4.79 Å². The Labute approximate surface area is 158 Å². The summed E-state index contributed by atoms with van der Waals surface area (Å²) in [5.41, 5.74) is 6.45. The molecule has 0 spiro atoms. The van der Waals surface area contributed by atoms with Gasteiger partial charge in [-0.2, -0.15) is 0 Å². The van der Waals surface area contributed by atoms with Crippen LogP contribution in [-0.2, 0) is 11.2 Å². The van der Waals surface area contributed by atoms with Crippen molar-refractivity contribution in [3.8, 4) is 10.6 Å². The number of thiophene rings is 1. The van der Waals surface area contributed by atoms with Crippen LogP contribution in [0.3, 0.4) is 0 Å². The third kappa shape index (κ3) is 4.79. The Kier molecular flexibility index (Phi) is 8.36. The predicted molar refractivity (Wildman–Crippen MR) is 106 cm³/mol. The van der Waals surface area contributed by atoms with E-state index in [2.05, 4.69) is 27.8 Å². The van der Waals surface area contributed by atoms with Gasteiger partial charge in [-0.15, -0.1) is 35.1 Å². The zero-order valence-electron chi connectivity index (χ0n) is 14.4. The van der Waals surface area contributed by atoms with Crippen molar-refractivity contribution in [3.63, 3.8) is 0 Å². The van der Waals surface area contributed by atoms with Gasteiger partial charge in [0.25, 0.3) is 0 Å². The van der Waals surface area contributed by atoms with E-state index in [9.17, 15) is 4.79 Å². The van der Waals surface area contributed by atoms with Gasteiger partial charge in [0, 0.05) is 23.3 Å². The molecule has 0 atom stereocenters. The van der Waals surface area contributed by atoms with E-state index in [1.807, 2.05) is 20.8 Å². The molecule has 2 aromatic heterocycles. The van der Waals surface area contributed by atoms with Crippen molar-refractivity contribution >= 4 is 41.0 Å². The highest BCUT2D eigenvalue weighted by Crippen LogP contribution is 2.29. The summed E-state index contributed by atoms with van der Waals surface area (Å²) < 4.78 is 0. The molecule has 0 radical (unpaired) electrons. The summed E-state index contributed by atoms with van der Waals surface area (Å²) in [6, 6.07) is 4.23. The van der Waals surface area contributed by atoms with Gasteiger partial charge in [0.2, 0.25) is 5.91 Å². The largest absolute Gasteiger partial charge is 0.355 e. The molecule has 0 aliphatic carbocycles. The number of aromatic nitrogens is 1. The van der Waals surface area contributed by atoms with Crippen LogP contribution in [0.2, 0.25) is 0 Å². The number of aryl methyl sites for hydroxylation is 1. The van der Waals surface area contributed by atoms with Gasteiger partial charge in [0.1, 0.15) is 0 Å². The molecule has 0 aliphatic heterocycles. The van der Waals surface area contributed by atoms with Crippen LogP contribution in [0.25, 0.3) is 10.6 Å². The highest BCUT2D eigenvalue weighted by molar-refractivity contribution is 7.16. The molecule has 0 aromatic carbocycles. The first-order chi connectivity index (χ1) is 11.0. The number of thiazole rings is 1. The SMILES string of the molecule is CCC(CC)(CN)C(=O)NCCc1ccc(-c2csc(C)n2)s1.Cl. The number of nitrogens with one attached hydrogen (secondary N) is 1. The van der Waals surface area contributed by atoms with E-state index in [0.29, 0.717) is 13.1 Å². The molecule has 7 heteroatoms. The van der Waals surface area contributed by atoms with E-state index < -0.39 is 5.41 Å². The van der Waals surface area contributed by atoms with E-state index in [0.717, 1.165) is 30.0 Å². The van der Waals surface area contributed by atoms with E-state index in [1.165, 1.54) is 9.75 Å². The highest BCUT2D eigenvalue weighted by atomic mass is 35.5. The number of carbonyl (C=O) groups excluding carboxylic acids is 1. The molecule has 2 rings (SSSR count). The molecular formula is C17H26ClN3OS2. The summed E-state index contributed by atoms with van der Waals surface area (Å²) in [5.74, 6) is 0.0805. The van der Waals surface area contributed by atoms with Gasteiger partial charge in [-0.1, -0.05) is 13.8 Å². The quantitative estimate of drug-likeness (QED) is 0.718. The highest BCUT2D eigenvalue weighted by Gasteiger charge is 2.32. The topological polar surface area (TPSA) is 68.0 Å². The molecule has 4 nitrogen and oxygen atoms in total. The number of hydrogen-bond donors (Lipinski definition) is 2. The minimum Gasteiger partial charge on any atom is -0.355 e. The molecular weight excluding hydrogens is 362 g/mol. The Morgan fingerprint density at radius 3 is 2.58 bits per heavy atom. The lowest BCUT2D eigenvalue weighted by Crippen LogP contribution is -2.45. The zero-order chi connectivity index (χ0) is 16.9. The number of amides is 1. The molecule has 24 heavy (non-hydrogen) atoms. The molecule has 0 saturated heterocycles. The van der Waals surface area contributed by atoms with E-state index >= 15 is 0 Å². The van der Waals surface area contributed by atoms with Crippen molar-refractivity contribution in [2.75, 3.05) is 13.1 Å². The number of halogens is 1. The molecule has 1 amide bonds. The molecule has 134 valence electrons. The first-order valence-electron chi connectivity index (χ1n) is 8.04. The van der Waals surface area contributed by atoms with Crippen LogP contribution in [-0.4, -0.2) is 24.0 Å². The molecule has 0 fully saturated rings. The number of rotatable bonds is 8. The monoisotopic (exact) mass is 387 g/mol. The Morgan fingerprint density at radius 1 is 1.33 bits per heavy atom. The lowest BCUT2D eigenvalue weighted by Gasteiger charge is -2.28. The van der Waals surface area contributed by atoms with Gasteiger partial charge < -0.3 is 11.1 Å². The van der Waals surface area contributed by atoms with Crippen molar-refractivity contribution < 1.29 is 4.79 Å². The number of nitrogens with zero attached hydrogens (tertiary/aromatic N) is 1. The maximum absolute atomic E-state index is 12.4. The second-order valence-electron chi connectivity index (χ2n) is 5.72. The Balaban J connectivity index is 0.00000288. The van der Waals surface area contributed by atoms with Crippen LogP contribution in [0.1, 0.15) is 36.6 Å². The van der Waals surface area contributed by atoms with Crippen LogP contribution in [0.15, 0.2) is 17.5 Å². The minimum atomic E-state index is -0.418. The number of nitrogens with two attached hydrogens (primary N) is 1. The van der Waals surface area contributed by atoms with Gasteiger partial charge in [0.05, 0.1) is 21.0 Å². The molecule has 0 saturated carbocycles. The molecule has 0 bridgehead atoms. The molecule has 0 unspecified atom stereocenters. The van der Waals surface area contributed by atoms with E-state index in [1.54, 1.807) is 22.7 Å².